The molecule has 2 aromatic rings. The largest absolute Gasteiger partial charge is 0.497 e. The van der Waals surface area contributed by atoms with Gasteiger partial charge in [0.05, 0.1) is 13.7 Å². The number of aliphatic imine (C=N–C) groups is 1. The third-order valence-electron chi connectivity index (χ3n) is 4.30. The number of ether oxygens (including phenoxy) is 2. The molecule has 2 rings (SSSR count). The molecule has 0 aliphatic rings. The summed E-state index contributed by atoms with van der Waals surface area (Å²) in [4.78, 5) is 18.3. The molecule has 0 atom stereocenters. The van der Waals surface area contributed by atoms with Crippen molar-refractivity contribution in [2.24, 2.45) is 4.99 Å². The normalized spacial score (nSPS) is 11.0. The lowest BCUT2D eigenvalue weighted by Gasteiger charge is -2.13. The van der Waals surface area contributed by atoms with E-state index < -0.39 is 0 Å². The van der Waals surface area contributed by atoms with E-state index in [1.165, 1.54) is 0 Å². The Labute approximate surface area is 179 Å². The number of carbonyl (C=O) groups is 1. The number of methoxy groups -OCH3 is 1. The van der Waals surface area contributed by atoms with Crippen molar-refractivity contribution in [2.45, 2.75) is 13.3 Å². The van der Waals surface area contributed by atoms with Gasteiger partial charge in [-0.15, -0.1) is 0 Å². The minimum atomic E-state index is 0.00592. The molecule has 7 nitrogen and oxygen atoms in total. The van der Waals surface area contributed by atoms with Crippen LogP contribution in [0.2, 0.25) is 0 Å². The molecular formula is C23H32N4O3. The second-order valence-corrected chi connectivity index (χ2v) is 6.86. The summed E-state index contributed by atoms with van der Waals surface area (Å²) in [6.07, 6.45) is 0.755. The summed E-state index contributed by atoms with van der Waals surface area (Å²) in [5.41, 5.74) is 1.78. The molecule has 30 heavy (non-hydrogen) atoms. The Morgan fingerprint density at radius 3 is 2.57 bits per heavy atom. The minimum absolute atomic E-state index is 0.00592. The number of nitrogens with one attached hydrogen (secondary N) is 2. The summed E-state index contributed by atoms with van der Waals surface area (Å²) in [7, 11) is 5.15. The Kier molecular flexibility index (Phi) is 9.51. The fourth-order valence-electron chi connectivity index (χ4n) is 2.79. The van der Waals surface area contributed by atoms with Crippen LogP contribution >= 0.6 is 0 Å². The maximum Gasteiger partial charge on any atom is 0.253 e. The number of hydrogen-bond donors (Lipinski definition) is 2. The number of benzene rings is 2. The van der Waals surface area contributed by atoms with Crippen molar-refractivity contribution in [3.63, 3.8) is 0 Å². The molecule has 0 aromatic heterocycles. The van der Waals surface area contributed by atoms with Crippen LogP contribution in [0.1, 0.15) is 22.8 Å². The molecule has 1 amide bonds. The second kappa shape index (κ2) is 12.4. The Morgan fingerprint density at radius 2 is 1.83 bits per heavy atom. The molecule has 0 bridgehead atoms. The van der Waals surface area contributed by atoms with E-state index >= 15 is 0 Å². The van der Waals surface area contributed by atoms with Gasteiger partial charge in [0.25, 0.3) is 5.91 Å². The van der Waals surface area contributed by atoms with Gasteiger partial charge in [-0.3, -0.25) is 9.79 Å². The quantitative estimate of drug-likeness (QED) is 0.356. The molecule has 0 radical (unpaired) electrons. The zero-order chi connectivity index (χ0) is 21.8. The zero-order valence-electron chi connectivity index (χ0n) is 18.3. The molecule has 0 unspecified atom stereocenters. The van der Waals surface area contributed by atoms with E-state index in [1.807, 2.05) is 55.5 Å². The fraction of sp³-hybridized carbons (Fsp3) is 0.391. The summed E-state index contributed by atoms with van der Waals surface area (Å²) in [5.74, 6) is 2.29. The first-order chi connectivity index (χ1) is 14.5. The van der Waals surface area contributed by atoms with Gasteiger partial charge in [-0.05, 0) is 43.2 Å². The van der Waals surface area contributed by atoms with Crippen molar-refractivity contribution in [1.29, 1.82) is 0 Å². The van der Waals surface area contributed by atoms with Crippen LogP contribution in [0.3, 0.4) is 0 Å². The van der Waals surface area contributed by atoms with Gasteiger partial charge in [0.1, 0.15) is 18.1 Å². The van der Waals surface area contributed by atoms with Crippen LogP contribution in [0.4, 0.5) is 0 Å². The van der Waals surface area contributed by atoms with Gasteiger partial charge >= 0.3 is 0 Å². The fourth-order valence-corrected chi connectivity index (χ4v) is 2.79. The Hall–Kier alpha value is -3.22. The first kappa shape index (κ1) is 23.1. The molecule has 2 N–H and O–H groups in total. The molecule has 162 valence electrons. The molecule has 0 aliphatic carbocycles. The second-order valence-electron chi connectivity index (χ2n) is 6.86. The van der Waals surface area contributed by atoms with Crippen molar-refractivity contribution in [2.75, 3.05) is 47.4 Å². The molecule has 0 aliphatic heterocycles. The highest BCUT2D eigenvalue weighted by molar-refractivity contribution is 5.94. The summed E-state index contributed by atoms with van der Waals surface area (Å²) < 4.78 is 10.9. The molecule has 0 fully saturated rings. The van der Waals surface area contributed by atoms with E-state index in [9.17, 15) is 4.79 Å². The summed E-state index contributed by atoms with van der Waals surface area (Å²) in [6, 6.07) is 15.2. The average molecular weight is 413 g/mol. The molecule has 0 saturated heterocycles. The number of amides is 1. The molecule has 2 aromatic carbocycles. The zero-order valence-corrected chi connectivity index (χ0v) is 18.3. The van der Waals surface area contributed by atoms with Crippen LogP contribution in [-0.4, -0.2) is 64.2 Å². The molecule has 0 heterocycles. The maximum absolute atomic E-state index is 12.1. The van der Waals surface area contributed by atoms with E-state index in [4.69, 9.17) is 9.47 Å². The van der Waals surface area contributed by atoms with Crippen LogP contribution in [-0.2, 0) is 6.42 Å². The van der Waals surface area contributed by atoms with Gasteiger partial charge in [0, 0.05) is 38.8 Å². The number of guanidine groups is 1. The number of carbonyl (C=O) groups excluding carboxylic acids is 1. The molecule has 0 spiro atoms. The lowest BCUT2D eigenvalue weighted by atomic mass is 10.1. The molecule has 0 saturated carbocycles. The van der Waals surface area contributed by atoms with Crippen molar-refractivity contribution in [3.05, 3.63) is 59.7 Å². The number of nitrogens with zero attached hydrogens (tertiary/aromatic N) is 2. The summed E-state index contributed by atoms with van der Waals surface area (Å²) in [5, 5.41) is 6.51. The number of hydrogen-bond acceptors (Lipinski definition) is 4. The number of rotatable bonds is 10. The van der Waals surface area contributed by atoms with Gasteiger partial charge in [-0.25, -0.2) is 0 Å². The Bertz CT molecular complexity index is 837. The lowest BCUT2D eigenvalue weighted by molar-refractivity contribution is 0.0827. The van der Waals surface area contributed by atoms with Gasteiger partial charge in [0.15, 0.2) is 5.96 Å². The van der Waals surface area contributed by atoms with Crippen molar-refractivity contribution < 1.29 is 14.3 Å². The smallest absolute Gasteiger partial charge is 0.253 e. The van der Waals surface area contributed by atoms with Crippen molar-refractivity contribution >= 4 is 11.9 Å². The van der Waals surface area contributed by atoms with Gasteiger partial charge in [-0.2, -0.15) is 0 Å². The summed E-state index contributed by atoms with van der Waals surface area (Å²) >= 11 is 0. The van der Waals surface area contributed by atoms with Crippen LogP contribution in [0.25, 0.3) is 0 Å². The average Bonchev–Trinajstić information content (AvgIpc) is 2.76. The van der Waals surface area contributed by atoms with Gasteiger partial charge in [-0.1, -0.05) is 18.2 Å². The Balaban J connectivity index is 1.82. The lowest BCUT2D eigenvalue weighted by Crippen LogP contribution is -2.39. The third-order valence-corrected chi connectivity index (χ3v) is 4.30. The van der Waals surface area contributed by atoms with Crippen LogP contribution in [0.15, 0.2) is 53.5 Å². The highest BCUT2D eigenvalue weighted by atomic mass is 16.5. The monoisotopic (exact) mass is 412 g/mol. The Morgan fingerprint density at radius 1 is 1.07 bits per heavy atom. The van der Waals surface area contributed by atoms with Crippen molar-refractivity contribution in [1.82, 2.24) is 15.5 Å². The van der Waals surface area contributed by atoms with E-state index in [-0.39, 0.29) is 5.91 Å². The van der Waals surface area contributed by atoms with E-state index in [0.29, 0.717) is 25.3 Å². The van der Waals surface area contributed by atoms with Gasteiger partial charge in [0.2, 0.25) is 0 Å². The van der Waals surface area contributed by atoms with E-state index in [2.05, 4.69) is 15.6 Å². The molecule has 7 heteroatoms. The van der Waals surface area contributed by atoms with Crippen LogP contribution in [0, 0.1) is 0 Å². The SMILES string of the molecule is CCNC(=NCCc1cccc(C(=O)N(C)C)c1)NCCOc1cccc(OC)c1. The van der Waals surface area contributed by atoms with Crippen molar-refractivity contribution in [3.8, 4) is 11.5 Å². The third kappa shape index (κ3) is 7.66. The standard InChI is InChI=1S/C23H32N4O3/c1-5-24-23(26-14-15-30-21-11-7-10-20(17-21)29-4)25-13-12-18-8-6-9-19(16-18)22(28)27(2)3/h6-11,16-17H,5,12-15H2,1-4H3,(H2,24,25,26). The highest BCUT2D eigenvalue weighted by Crippen LogP contribution is 2.18. The van der Waals surface area contributed by atoms with Gasteiger partial charge < -0.3 is 25.0 Å². The van der Waals surface area contributed by atoms with E-state index in [1.54, 1.807) is 26.1 Å². The van der Waals surface area contributed by atoms with Crippen LogP contribution in [0.5, 0.6) is 11.5 Å². The summed E-state index contributed by atoms with van der Waals surface area (Å²) in [6.45, 7) is 4.55. The first-order valence-corrected chi connectivity index (χ1v) is 10.1. The predicted molar refractivity (Wildman–Crippen MR) is 121 cm³/mol. The van der Waals surface area contributed by atoms with Crippen LogP contribution < -0.4 is 20.1 Å². The van der Waals surface area contributed by atoms with E-state index in [0.717, 1.165) is 36.0 Å². The first-order valence-electron chi connectivity index (χ1n) is 10.1. The maximum atomic E-state index is 12.1. The molecular weight excluding hydrogens is 380 g/mol. The topological polar surface area (TPSA) is 75.2 Å². The predicted octanol–water partition coefficient (Wildman–Crippen LogP) is 2.57. The highest BCUT2D eigenvalue weighted by Gasteiger charge is 2.08. The minimum Gasteiger partial charge on any atom is -0.497 e.